The van der Waals surface area contributed by atoms with E-state index in [9.17, 15) is 13.2 Å². The minimum atomic E-state index is -4.47. The Labute approximate surface area is 110 Å². The molecule has 3 unspecified atom stereocenters. The average Bonchev–Trinajstić information content (AvgIpc) is 2.82. The topological polar surface area (TPSA) is 61.9 Å². The van der Waals surface area contributed by atoms with Gasteiger partial charge in [0, 0.05) is 12.6 Å². The summed E-state index contributed by atoms with van der Waals surface area (Å²) in [6.07, 6.45) is 0.740. The molecule has 0 radical (unpaired) electrons. The molecule has 0 amide bonds. The summed E-state index contributed by atoms with van der Waals surface area (Å²) in [5, 5.41) is 11.1. The lowest BCUT2D eigenvalue weighted by atomic mass is 9.91. The largest absolute Gasteiger partial charge is 0.409 e. The van der Waals surface area contributed by atoms with Crippen LogP contribution in [-0.4, -0.2) is 41.3 Å². The lowest BCUT2D eigenvalue weighted by Gasteiger charge is -2.39. The third kappa shape index (κ3) is 3.13. The molecule has 1 saturated heterocycles. The van der Waals surface area contributed by atoms with Gasteiger partial charge in [0.2, 0.25) is 0 Å². The monoisotopic (exact) mass is 279 g/mol. The molecule has 1 saturated carbocycles. The van der Waals surface area contributed by atoms with Crippen LogP contribution in [0, 0.1) is 11.8 Å². The van der Waals surface area contributed by atoms with E-state index in [0.717, 1.165) is 32.1 Å². The fraction of sp³-hybridized carbons (Fsp3) is 0.917. The summed E-state index contributed by atoms with van der Waals surface area (Å²) in [6, 6.07) is 0.241. The number of rotatable bonds is 3. The summed E-state index contributed by atoms with van der Waals surface area (Å²) in [5.41, 5.74) is 5.21. The zero-order valence-corrected chi connectivity index (χ0v) is 10.7. The first-order valence-corrected chi connectivity index (χ1v) is 6.71. The quantitative estimate of drug-likeness (QED) is 0.360. The molecular formula is C12H20F3N3O. The summed E-state index contributed by atoms with van der Waals surface area (Å²) >= 11 is 0. The highest BCUT2D eigenvalue weighted by atomic mass is 19.4. The van der Waals surface area contributed by atoms with Gasteiger partial charge in [-0.1, -0.05) is 11.6 Å². The number of hydrogen-bond donors (Lipinski definition) is 2. The number of amidine groups is 1. The van der Waals surface area contributed by atoms with Crippen molar-refractivity contribution in [1.82, 2.24) is 4.90 Å². The zero-order valence-electron chi connectivity index (χ0n) is 10.7. The summed E-state index contributed by atoms with van der Waals surface area (Å²) in [4.78, 5) is 1.89. The molecule has 0 bridgehead atoms. The molecule has 2 aliphatic rings. The molecule has 110 valence electrons. The van der Waals surface area contributed by atoms with Gasteiger partial charge < -0.3 is 10.9 Å². The predicted octanol–water partition coefficient (Wildman–Crippen LogP) is 2.18. The third-order valence-electron chi connectivity index (χ3n) is 4.39. The number of likely N-dealkylation sites (tertiary alicyclic amines) is 1. The Morgan fingerprint density at radius 2 is 2.00 bits per heavy atom. The van der Waals surface area contributed by atoms with Crippen LogP contribution in [0.15, 0.2) is 5.16 Å². The van der Waals surface area contributed by atoms with Gasteiger partial charge in [0.1, 0.15) is 5.92 Å². The van der Waals surface area contributed by atoms with Crippen molar-refractivity contribution in [2.24, 2.45) is 22.7 Å². The lowest BCUT2D eigenvalue weighted by Crippen LogP contribution is -2.50. The van der Waals surface area contributed by atoms with Crippen molar-refractivity contribution in [3.63, 3.8) is 0 Å². The number of fused-ring (bicyclic) bond motifs is 1. The molecule has 1 heterocycles. The minimum absolute atomic E-state index is 0.194. The number of halogens is 3. The normalized spacial score (nSPS) is 31.2. The molecular weight excluding hydrogens is 259 g/mol. The van der Waals surface area contributed by atoms with E-state index < -0.39 is 17.9 Å². The van der Waals surface area contributed by atoms with E-state index in [1.165, 1.54) is 0 Å². The summed E-state index contributed by atoms with van der Waals surface area (Å²) < 4.78 is 38.9. The minimum Gasteiger partial charge on any atom is -0.409 e. The van der Waals surface area contributed by atoms with Crippen molar-refractivity contribution in [2.75, 3.05) is 13.1 Å². The Bertz CT molecular complexity index is 346. The predicted molar refractivity (Wildman–Crippen MR) is 64.9 cm³/mol. The molecule has 0 aromatic heterocycles. The Hall–Kier alpha value is -0.980. The van der Waals surface area contributed by atoms with Gasteiger partial charge >= 0.3 is 6.18 Å². The summed E-state index contributed by atoms with van der Waals surface area (Å²) in [6.45, 7) is 0.479. The van der Waals surface area contributed by atoms with Crippen LogP contribution in [0.25, 0.3) is 0 Å². The fourth-order valence-electron chi connectivity index (χ4n) is 3.45. The van der Waals surface area contributed by atoms with E-state index in [1.807, 2.05) is 4.90 Å². The standard InChI is InChI=1S/C12H20F3N3O/c13-12(14,15)9(11(16)17-19)7-18-6-2-4-8-3-1-5-10(8)18/h8-10,19H,1-7H2,(H2,16,17). The molecule has 19 heavy (non-hydrogen) atoms. The Kier molecular flexibility index (Phi) is 4.23. The number of nitrogens with two attached hydrogens (primary N) is 1. The average molecular weight is 279 g/mol. The van der Waals surface area contributed by atoms with Gasteiger partial charge in [0.15, 0.2) is 5.84 Å². The van der Waals surface area contributed by atoms with Gasteiger partial charge in [0.05, 0.1) is 0 Å². The van der Waals surface area contributed by atoms with E-state index >= 15 is 0 Å². The lowest BCUT2D eigenvalue weighted by molar-refractivity contribution is -0.162. The smallest absolute Gasteiger partial charge is 0.400 e. The Balaban J connectivity index is 2.08. The molecule has 0 aromatic carbocycles. The molecule has 2 rings (SSSR count). The van der Waals surface area contributed by atoms with Crippen molar-refractivity contribution in [3.05, 3.63) is 0 Å². The highest BCUT2D eigenvalue weighted by Crippen LogP contribution is 2.38. The van der Waals surface area contributed by atoms with E-state index in [1.54, 1.807) is 0 Å². The van der Waals surface area contributed by atoms with Crippen LogP contribution in [0.5, 0.6) is 0 Å². The van der Waals surface area contributed by atoms with Gasteiger partial charge in [-0.15, -0.1) is 0 Å². The van der Waals surface area contributed by atoms with E-state index in [0.29, 0.717) is 12.5 Å². The molecule has 1 aliphatic carbocycles. The van der Waals surface area contributed by atoms with Crippen LogP contribution in [0.1, 0.15) is 32.1 Å². The van der Waals surface area contributed by atoms with Crippen molar-refractivity contribution in [2.45, 2.75) is 44.3 Å². The Morgan fingerprint density at radius 1 is 1.32 bits per heavy atom. The molecule has 0 spiro atoms. The maximum Gasteiger partial charge on any atom is 0.400 e. The van der Waals surface area contributed by atoms with Gasteiger partial charge in [-0.25, -0.2) is 0 Å². The first-order valence-electron chi connectivity index (χ1n) is 6.71. The van der Waals surface area contributed by atoms with Crippen molar-refractivity contribution >= 4 is 5.84 Å². The van der Waals surface area contributed by atoms with Crippen LogP contribution in [0.4, 0.5) is 13.2 Å². The van der Waals surface area contributed by atoms with E-state index in [4.69, 9.17) is 10.9 Å². The molecule has 3 atom stereocenters. The second kappa shape index (κ2) is 5.56. The van der Waals surface area contributed by atoms with E-state index in [2.05, 4.69) is 5.16 Å². The van der Waals surface area contributed by atoms with Crippen molar-refractivity contribution < 1.29 is 18.4 Å². The third-order valence-corrected chi connectivity index (χ3v) is 4.39. The molecule has 2 fully saturated rings. The maximum absolute atomic E-state index is 13.0. The SMILES string of the molecule is NC(=NO)C(CN1CCCC2CCCC21)C(F)(F)F. The highest BCUT2D eigenvalue weighted by molar-refractivity contribution is 5.83. The summed E-state index contributed by atoms with van der Waals surface area (Å²) in [5.74, 6) is -2.10. The van der Waals surface area contributed by atoms with Gasteiger partial charge in [-0.3, -0.25) is 4.90 Å². The molecule has 0 aromatic rings. The number of piperidine rings is 1. The number of alkyl halides is 3. The number of oxime groups is 1. The highest BCUT2D eigenvalue weighted by Gasteiger charge is 2.46. The van der Waals surface area contributed by atoms with Crippen LogP contribution in [0.2, 0.25) is 0 Å². The van der Waals surface area contributed by atoms with Crippen molar-refractivity contribution in [1.29, 1.82) is 0 Å². The molecule has 4 nitrogen and oxygen atoms in total. The number of nitrogens with zero attached hydrogens (tertiary/aromatic N) is 2. The maximum atomic E-state index is 13.0. The Morgan fingerprint density at radius 3 is 2.63 bits per heavy atom. The van der Waals surface area contributed by atoms with Crippen LogP contribution < -0.4 is 5.73 Å². The van der Waals surface area contributed by atoms with Crippen molar-refractivity contribution in [3.8, 4) is 0 Å². The van der Waals surface area contributed by atoms with Crippen LogP contribution in [0.3, 0.4) is 0 Å². The molecule has 7 heteroatoms. The molecule has 3 N–H and O–H groups in total. The second-order valence-corrected chi connectivity index (χ2v) is 5.51. The summed E-state index contributed by atoms with van der Waals surface area (Å²) in [7, 11) is 0. The zero-order chi connectivity index (χ0) is 14.0. The first kappa shape index (κ1) is 14.4. The second-order valence-electron chi connectivity index (χ2n) is 5.51. The van der Waals surface area contributed by atoms with Crippen LogP contribution >= 0.6 is 0 Å². The van der Waals surface area contributed by atoms with Crippen LogP contribution in [-0.2, 0) is 0 Å². The number of hydrogen-bond acceptors (Lipinski definition) is 3. The fourth-order valence-corrected chi connectivity index (χ4v) is 3.45. The van der Waals surface area contributed by atoms with E-state index in [-0.39, 0.29) is 12.6 Å². The van der Waals surface area contributed by atoms with Gasteiger partial charge in [-0.2, -0.15) is 13.2 Å². The first-order chi connectivity index (χ1) is 8.93. The molecule has 1 aliphatic heterocycles. The van der Waals surface area contributed by atoms with Gasteiger partial charge in [-0.05, 0) is 38.1 Å². The van der Waals surface area contributed by atoms with Gasteiger partial charge in [0.25, 0.3) is 0 Å².